The van der Waals surface area contributed by atoms with Crippen molar-refractivity contribution in [2.24, 2.45) is 0 Å². The SMILES string of the molecule is CC1(O)CN(c2ncc(B3OC(C)(C)C(C)(C)O3)cn2)C1. The largest absolute Gasteiger partial charge is 0.498 e. The van der Waals surface area contributed by atoms with Gasteiger partial charge in [-0.1, -0.05) is 0 Å². The molecule has 114 valence electrons. The smallest absolute Gasteiger partial charge is 0.399 e. The van der Waals surface area contributed by atoms with E-state index >= 15 is 0 Å². The predicted molar refractivity (Wildman–Crippen MR) is 80.6 cm³/mol. The second kappa shape index (κ2) is 4.41. The highest BCUT2D eigenvalue weighted by molar-refractivity contribution is 6.61. The fourth-order valence-corrected chi connectivity index (χ4v) is 2.51. The molecule has 2 fully saturated rings. The molecule has 0 aromatic carbocycles. The van der Waals surface area contributed by atoms with E-state index in [0.29, 0.717) is 19.0 Å². The van der Waals surface area contributed by atoms with Gasteiger partial charge in [0.2, 0.25) is 5.95 Å². The monoisotopic (exact) mass is 291 g/mol. The maximum absolute atomic E-state index is 9.75. The van der Waals surface area contributed by atoms with Gasteiger partial charge in [-0.05, 0) is 34.6 Å². The van der Waals surface area contributed by atoms with Crippen LogP contribution in [0.4, 0.5) is 5.95 Å². The number of nitrogens with zero attached hydrogens (tertiary/aromatic N) is 3. The first-order chi connectivity index (χ1) is 9.60. The summed E-state index contributed by atoms with van der Waals surface area (Å²) in [5.41, 5.74) is -0.558. The van der Waals surface area contributed by atoms with Crippen LogP contribution in [0.2, 0.25) is 0 Å². The van der Waals surface area contributed by atoms with Crippen molar-refractivity contribution in [1.82, 2.24) is 9.97 Å². The lowest BCUT2D eigenvalue weighted by Crippen LogP contribution is -2.60. The highest BCUT2D eigenvalue weighted by atomic mass is 16.7. The van der Waals surface area contributed by atoms with Crippen molar-refractivity contribution < 1.29 is 14.4 Å². The molecular weight excluding hydrogens is 269 g/mol. The van der Waals surface area contributed by atoms with Gasteiger partial charge in [-0.25, -0.2) is 9.97 Å². The first-order valence-electron chi connectivity index (χ1n) is 7.25. The lowest BCUT2D eigenvalue weighted by Gasteiger charge is -2.44. The van der Waals surface area contributed by atoms with E-state index in [2.05, 4.69) is 9.97 Å². The lowest BCUT2D eigenvalue weighted by atomic mass is 9.81. The molecule has 0 amide bonds. The molecule has 1 aromatic heterocycles. The van der Waals surface area contributed by atoms with Gasteiger partial charge in [0.1, 0.15) is 0 Å². The van der Waals surface area contributed by atoms with E-state index in [9.17, 15) is 5.11 Å². The Kier molecular flexibility index (Phi) is 3.10. The third-order valence-corrected chi connectivity index (χ3v) is 4.53. The van der Waals surface area contributed by atoms with Gasteiger partial charge in [-0.15, -0.1) is 0 Å². The van der Waals surface area contributed by atoms with E-state index < -0.39 is 12.7 Å². The molecule has 3 rings (SSSR count). The first kappa shape index (κ1) is 14.7. The Bertz CT molecular complexity index is 521. The van der Waals surface area contributed by atoms with Crippen LogP contribution in [0.25, 0.3) is 0 Å². The minimum absolute atomic E-state index is 0.369. The maximum atomic E-state index is 9.75. The zero-order chi connectivity index (χ0) is 15.5. The molecule has 0 saturated carbocycles. The van der Waals surface area contributed by atoms with Crippen LogP contribution in [-0.4, -0.2) is 52.1 Å². The average Bonchev–Trinajstić information content (AvgIpc) is 2.56. The van der Waals surface area contributed by atoms with Crippen molar-refractivity contribution in [3.8, 4) is 0 Å². The number of aromatic nitrogens is 2. The van der Waals surface area contributed by atoms with E-state index in [1.807, 2.05) is 39.5 Å². The second-order valence-electron chi connectivity index (χ2n) is 7.26. The summed E-state index contributed by atoms with van der Waals surface area (Å²) >= 11 is 0. The van der Waals surface area contributed by atoms with Gasteiger partial charge in [-0.2, -0.15) is 0 Å². The summed E-state index contributed by atoms with van der Waals surface area (Å²) in [6.07, 6.45) is 3.47. The fourth-order valence-electron chi connectivity index (χ4n) is 2.51. The van der Waals surface area contributed by atoms with E-state index in [1.54, 1.807) is 12.4 Å². The molecule has 2 aliphatic heterocycles. The van der Waals surface area contributed by atoms with Crippen LogP contribution in [0.5, 0.6) is 0 Å². The topological polar surface area (TPSA) is 67.7 Å². The Morgan fingerprint density at radius 3 is 1.95 bits per heavy atom. The summed E-state index contributed by atoms with van der Waals surface area (Å²) in [4.78, 5) is 10.6. The van der Waals surface area contributed by atoms with Crippen LogP contribution in [0.15, 0.2) is 12.4 Å². The second-order valence-corrected chi connectivity index (χ2v) is 7.26. The standard InChI is InChI=1S/C14H22BN3O3/c1-12(2)13(3,4)21-15(20-12)10-6-16-11(17-7-10)18-8-14(5,19)9-18/h6-7,19H,8-9H2,1-5H3. The number of rotatable bonds is 2. The molecule has 0 spiro atoms. The molecule has 3 heterocycles. The summed E-state index contributed by atoms with van der Waals surface area (Å²) < 4.78 is 11.9. The van der Waals surface area contributed by atoms with Gasteiger partial charge >= 0.3 is 7.12 Å². The zero-order valence-electron chi connectivity index (χ0n) is 13.3. The molecule has 2 aliphatic rings. The van der Waals surface area contributed by atoms with Crippen LogP contribution in [0, 0.1) is 0 Å². The minimum Gasteiger partial charge on any atom is -0.399 e. The number of hydrogen-bond acceptors (Lipinski definition) is 6. The van der Waals surface area contributed by atoms with Gasteiger partial charge < -0.3 is 19.3 Å². The Hall–Kier alpha value is -1.18. The van der Waals surface area contributed by atoms with Crippen molar-refractivity contribution in [1.29, 1.82) is 0 Å². The molecule has 7 heteroatoms. The minimum atomic E-state index is -0.631. The third-order valence-electron chi connectivity index (χ3n) is 4.53. The normalized spacial score (nSPS) is 25.8. The highest BCUT2D eigenvalue weighted by Crippen LogP contribution is 2.36. The first-order valence-corrected chi connectivity index (χ1v) is 7.25. The maximum Gasteiger partial charge on any atom is 0.498 e. The van der Waals surface area contributed by atoms with Gasteiger partial charge in [0.05, 0.1) is 29.9 Å². The Labute approximate surface area is 125 Å². The quantitative estimate of drug-likeness (QED) is 0.793. The molecule has 0 radical (unpaired) electrons. The Balaban J connectivity index is 1.71. The number of aliphatic hydroxyl groups is 1. The molecular formula is C14H22BN3O3. The number of anilines is 1. The summed E-state index contributed by atoms with van der Waals surface area (Å²) in [5, 5.41) is 9.75. The van der Waals surface area contributed by atoms with Gasteiger partial charge in [0.15, 0.2) is 0 Å². The molecule has 0 aliphatic carbocycles. The molecule has 21 heavy (non-hydrogen) atoms. The third kappa shape index (κ3) is 2.54. The fraction of sp³-hybridized carbons (Fsp3) is 0.714. The van der Waals surface area contributed by atoms with Gasteiger partial charge in [0, 0.05) is 17.9 Å². The Morgan fingerprint density at radius 1 is 1.05 bits per heavy atom. The lowest BCUT2D eigenvalue weighted by molar-refractivity contribution is 0.00578. The van der Waals surface area contributed by atoms with Crippen molar-refractivity contribution in [3.63, 3.8) is 0 Å². The summed E-state index contributed by atoms with van der Waals surface area (Å²) in [6, 6.07) is 0. The van der Waals surface area contributed by atoms with Crippen molar-refractivity contribution in [2.75, 3.05) is 18.0 Å². The molecule has 1 aromatic rings. The summed E-state index contributed by atoms with van der Waals surface area (Å²) in [5.74, 6) is 0.627. The van der Waals surface area contributed by atoms with Crippen molar-refractivity contribution in [3.05, 3.63) is 12.4 Å². The Morgan fingerprint density at radius 2 is 1.52 bits per heavy atom. The van der Waals surface area contributed by atoms with Crippen LogP contribution < -0.4 is 10.4 Å². The van der Waals surface area contributed by atoms with Crippen molar-refractivity contribution >= 4 is 18.5 Å². The summed E-state index contributed by atoms with van der Waals surface area (Å²) in [6.45, 7) is 11.0. The van der Waals surface area contributed by atoms with E-state index in [0.717, 1.165) is 5.46 Å². The van der Waals surface area contributed by atoms with Crippen LogP contribution in [0.3, 0.4) is 0 Å². The predicted octanol–water partition coefficient (Wildman–Crippen LogP) is 0.347. The van der Waals surface area contributed by atoms with Crippen molar-refractivity contribution in [2.45, 2.75) is 51.4 Å². The van der Waals surface area contributed by atoms with Crippen LogP contribution >= 0.6 is 0 Å². The van der Waals surface area contributed by atoms with Gasteiger partial charge in [-0.3, -0.25) is 0 Å². The van der Waals surface area contributed by atoms with E-state index in [4.69, 9.17) is 9.31 Å². The molecule has 2 saturated heterocycles. The zero-order valence-corrected chi connectivity index (χ0v) is 13.3. The molecule has 1 N–H and O–H groups in total. The van der Waals surface area contributed by atoms with Crippen LogP contribution in [0.1, 0.15) is 34.6 Å². The van der Waals surface area contributed by atoms with E-state index in [-0.39, 0.29) is 11.2 Å². The highest BCUT2D eigenvalue weighted by Gasteiger charge is 2.52. The number of β-amino-alcohol motifs (C(OH)–C–C–N with tert-alkyl or cyclic N) is 1. The van der Waals surface area contributed by atoms with E-state index in [1.165, 1.54) is 0 Å². The molecule has 0 bridgehead atoms. The molecule has 6 nitrogen and oxygen atoms in total. The van der Waals surface area contributed by atoms with Crippen LogP contribution in [-0.2, 0) is 9.31 Å². The molecule has 0 atom stereocenters. The van der Waals surface area contributed by atoms with Gasteiger partial charge in [0.25, 0.3) is 0 Å². The molecule has 0 unspecified atom stereocenters. The number of hydrogen-bond donors (Lipinski definition) is 1. The summed E-state index contributed by atoms with van der Waals surface area (Å²) in [7, 11) is -0.441. The average molecular weight is 291 g/mol.